The molecule has 0 bridgehead atoms. The first-order valence-corrected chi connectivity index (χ1v) is 7.82. The Labute approximate surface area is 147 Å². The zero-order valence-electron chi connectivity index (χ0n) is 13.8. The molecule has 1 amide bonds. The summed E-state index contributed by atoms with van der Waals surface area (Å²) in [5.74, 6) is 0.0649. The van der Waals surface area contributed by atoms with Crippen LogP contribution in [0.15, 0.2) is 58.1 Å². The minimum atomic E-state index is -0.408. The summed E-state index contributed by atoms with van der Waals surface area (Å²) >= 11 is 0. The number of benzene rings is 1. The van der Waals surface area contributed by atoms with Gasteiger partial charge in [0.15, 0.2) is 0 Å². The highest BCUT2D eigenvalue weighted by atomic mass is 16.5. The van der Waals surface area contributed by atoms with Gasteiger partial charge in [0.1, 0.15) is 17.6 Å². The summed E-state index contributed by atoms with van der Waals surface area (Å²) in [5, 5.41) is 3.43. The third-order valence-electron chi connectivity index (χ3n) is 3.89. The highest BCUT2D eigenvalue weighted by molar-refractivity contribution is 6.01. The second kappa shape index (κ2) is 6.32. The molecular formula is C18H14N4O4. The van der Waals surface area contributed by atoms with Gasteiger partial charge in [-0.3, -0.25) is 14.2 Å². The van der Waals surface area contributed by atoms with E-state index in [1.807, 2.05) is 18.2 Å². The monoisotopic (exact) mass is 350 g/mol. The van der Waals surface area contributed by atoms with Gasteiger partial charge in [-0.2, -0.15) is 0 Å². The normalized spacial score (nSPS) is 11.0. The van der Waals surface area contributed by atoms with E-state index in [-0.39, 0.29) is 18.0 Å². The molecule has 1 N–H and O–H groups in total. The molecular weight excluding hydrogens is 336 g/mol. The first-order chi connectivity index (χ1) is 12.7. The quantitative estimate of drug-likeness (QED) is 0.606. The Morgan fingerprint density at radius 3 is 2.85 bits per heavy atom. The van der Waals surface area contributed by atoms with E-state index >= 15 is 0 Å². The fraction of sp³-hybridized carbons (Fsp3) is 0.111. The van der Waals surface area contributed by atoms with Crippen molar-refractivity contribution in [1.82, 2.24) is 14.5 Å². The number of carbonyl (C=O) groups excluding carboxylic acids is 1. The first kappa shape index (κ1) is 15.8. The Bertz CT molecular complexity index is 1160. The van der Waals surface area contributed by atoms with Crippen LogP contribution < -0.4 is 15.6 Å². The number of nitrogens with zero attached hydrogens (tertiary/aromatic N) is 3. The molecule has 0 aliphatic heterocycles. The Morgan fingerprint density at radius 1 is 1.23 bits per heavy atom. The minimum Gasteiger partial charge on any atom is -0.481 e. The van der Waals surface area contributed by atoms with Crippen molar-refractivity contribution >= 4 is 33.7 Å². The van der Waals surface area contributed by atoms with Crippen molar-refractivity contribution in [2.45, 2.75) is 6.54 Å². The number of pyridine rings is 1. The lowest BCUT2D eigenvalue weighted by atomic mass is 10.2. The molecule has 0 aliphatic rings. The predicted molar refractivity (Wildman–Crippen MR) is 95.2 cm³/mol. The molecule has 0 unspecified atom stereocenters. The number of ether oxygens (including phenoxy) is 1. The maximum absolute atomic E-state index is 12.6. The highest BCUT2D eigenvalue weighted by Crippen LogP contribution is 2.24. The number of nitrogens with one attached hydrogen (secondary N) is 1. The van der Waals surface area contributed by atoms with Crippen molar-refractivity contribution < 1.29 is 13.9 Å². The van der Waals surface area contributed by atoms with Gasteiger partial charge in [0.05, 0.1) is 25.3 Å². The summed E-state index contributed by atoms with van der Waals surface area (Å²) in [5.41, 5.74) is 1.30. The lowest BCUT2D eigenvalue weighted by molar-refractivity contribution is -0.116. The van der Waals surface area contributed by atoms with Gasteiger partial charge < -0.3 is 14.5 Å². The highest BCUT2D eigenvalue weighted by Gasteiger charge is 2.14. The van der Waals surface area contributed by atoms with Crippen LogP contribution in [0, 0.1) is 0 Å². The summed E-state index contributed by atoms with van der Waals surface area (Å²) in [4.78, 5) is 33.1. The van der Waals surface area contributed by atoms with Crippen LogP contribution >= 0.6 is 0 Å². The van der Waals surface area contributed by atoms with Crippen molar-refractivity contribution in [3.05, 3.63) is 59.3 Å². The van der Waals surface area contributed by atoms with Crippen LogP contribution in [0.25, 0.3) is 22.1 Å². The molecule has 0 radical (unpaired) electrons. The van der Waals surface area contributed by atoms with Gasteiger partial charge in [-0.05, 0) is 18.2 Å². The van der Waals surface area contributed by atoms with E-state index in [1.165, 1.54) is 24.2 Å². The Balaban J connectivity index is 1.60. The number of anilines is 1. The minimum absolute atomic E-state index is 0.132. The van der Waals surface area contributed by atoms with E-state index in [0.717, 1.165) is 5.39 Å². The van der Waals surface area contributed by atoms with Gasteiger partial charge >= 0.3 is 0 Å². The van der Waals surface area contributed by atoms with E-state index in [1.54, 1.807) is 18.2 Å². The number of amides is 1. The fourth-order valence-corrected chi connectivity index (χ4v) is 2.66. The van der Waals surface area contributed by atoms with Crippen LogP contribution in [0.2, 0.25) is 0 Å². The second-order valence-electron chi connectivity index (χ2n) is 5.59. The molecule has 3 aromatic heterocycles. The van der Waals surface area contributed by atoms with Crippen LogP contribution in [0.3, 0.4) is 0 Å². The van der Waals surface area contributed by atoms with Gasteiger partial charge in [0.2, 0.25) is 17.4 Å². The molecule has 0 fully saturated rings. The van der Waals surface area contributed by atoms with E-state index in [4.69, 9.17) is 9.15 Å². The lowest BCUT2D eigenvalue weighted by Gasteiger charge is -2.07. The second-order valence-corrected chi connectivity index (χ2v) is 5.59. The van der Waals surface area contributed by atoms with E-state index < -0.39 is 5.56 Å². The van der Waals surface area contributed by atoms with Crippen molar-refractivity contribution in [2.24, 2.45) is 0 Å². The molecule has 0 saturated carbocycles. The molecule has 130 valence electrons. The van der Waals surface area contributed by atoms with E-state index in [0.29, 0.717) is 22.7 Å². The number of hydrogen-bond acceptors (Lipinski definition) is 6. The molecule has 8 nitrogen and oxygen atoms in total. The summed E-state index contributed by atoms with van der Waals surface area (Å²) < 4.78 is 11.8. The van der Waals surface area contributed by atoms with Crippen LogP contribution in [0.1, 0.15) is 0 Å². The molecule has 0 spiro atoms. The maximum Gasteiger partial charge on any atom is 0.297 e. The van der Waals surface area contributed by atoms with Gasteiger partial charge in [-0.15, -0.1) is 0 Å². The number of fused-ring (bicyclic) bond motifs is 3. The van der Waals surface area contributed by atoms with Crippen molar-refractivity contribution in [3.8, 4) is 5.88 Å². The average Bonchev–Trinajstić information content (AvgIpc) is 3.04. The fourth-order valence-electron chi connectivity index (χ4n) is 2.66. The van der Waals surface area contributed by atoms with Gasteiger partial charge in [0.25, 0.3) is 5.56 Å². The Kier molecular flexibility index (Phi) is 3.85. The first-order valence-electron chi connectivity index (χ1n) is 7.82. The molecule has 3 heterocycles. The molecule has 1 aromatic carbocycles. The number of furan rings is 1. The number of para-hydroxylation sites is 1. The summed E-state index contributed by atoms with van der Waals surface area (Å²) in [6.07, 6.45) is 2.82. The van der Waals surface area contributed by atoms with Crippen molar-refractivity contribution in [1.29, 1.82) is 0 Å². The van der Waals surface area contributed by atoms with Crippen LogP contribution in [0.5, 0.6) is 5.88 Å². The number of hydrogen-bond donors (Lipinski definition) is 1. The predicted octanol–water partition coefficient (Wildman–Crippen LogP) is 2.18. The van der Waals surface area contributed by atoms with E-state index in [2.05, 4.69) is 15.3 Å². The molecule has 8 heteroatoms. The van der Waals surface area contributed by atoms with E-state index in [9.17, 15) is 9.59 Å². The number of carbonyl (C=O) groups is 1. The third-order valence-corrected chi connectivity index (χ3v) is 3.89. The topological polar surface area (TPSA) is 99.2 Å². The molecule has 0 atom stereocenters. The summed E-state index contributed by atoms with van der Waals surface area (Å²) in [6, 6.07) is 10.6. The molecule has 26 heavy (non-hydrogen) atoms. The zero-order valence-corrected chi connectivity index (χ0v) is 13.8. The average molecular weight is 350 g/mol. The number of methoxy groups -OCH3 is 1. The molecule has 0 aliphatic carbocycles. The summed E-state index contributed by atoms with van der Waals surface area (Å²) in [6.45, 7) is -0.190. The number of aromatic nitrogens is 3. The standard InChI is InChI=1S/C18H14N4O4/c1-25-15-7-6-11(8-19-15)21-14(23)9-22-10-20-16-12-4-2-3-5-13(12)26-17(16)18(22)24/h2-8,10H,9H2,1H3,(H,21,23). The van der Waals surface area contributed by atoms with Crippen LogP contribution in [0.4, 0.5) is 5.69 Å². The van der Waals surface area contributed by atoms with Crippen molar-refractivity contribution in [3.63, 3.8) is 0 Å². The van der Waals surface area contributed by atoms with Crippen LogP contribution in [-0.2, 0) is 11.3 Å². The zero-order chi connectivity index (χ0) is 18.1. The van der Waals surface area contributed by atoms with Gasteiger partial charge in [-0.1, -0.05) is 12.1 Å². The summed E-state index contributed by atoms with van der Waals surface area (Å²) in [7, 11) is 1.51. The van der Waals surface area contributed by atoms with Gasteiger partial charge in [0, 0.05) is 11.5 Å². The third kappa shape index (κ3) is 2.77. The smallest absolute Gasteiger partial charge is 0.297 e. The van der Waals surface area contributed by atoms with Gasteiger partial charge in [-0.25, -0.2) is 9.97 Å². The molecule has 4 aromatic rings. The largest absolute Gasteiger partial charge is 0.481 e. The SMILES string of the molecule is COc1ccc(NC(=O)Cn2cnc3c(oc4ccccc43)c2=O)cn1. The Hall–Kier alpha value is -3.68. The van der Waals surface area contributed by atoms with Crippen molar-refractivity contribution in [2.75, 3.05) is 12.4 Å². The Morgan fingerprint density at radius 2 is 2.08 bits per heavy atom. The molecule has 4 rings (SSSR count). The lowest BCUT2D eigenvalue weighted by Crippen LogP contribution is -2.27. The maximum atomic E-state index is 12.6. The van der Waals surface area contributed by atoms with Crippen LogP contribution in [-0.4, -0.2) is 27.6 Å². The number of rotatable bonds is 4. The molecule has 0 saturated heterocycles.